The Hall–Kier alpha value is -1.24. The predicted molar refractivity (Wildman–Crippen MR) is 68.1 cm³/mol. The van der Waals surface area contributed by atoms with Crippen LogP contribution in [-0.2, 0) is 6.54 Å². The van der Waals surface area contributed by atoms with Gasteiger partial charge in [-0.05, 0) is 24.3 Å². The summed E-state index contributed by atoms with van der Waals surface area (Å²) in [7, 11) is 0. The van der Waals surface area contributed by atoms with Crippen LogP contribution in [-0.4, -0.2) is 39.4 Å². The fourth-order valence-electron chi connectivity index (χ4n) is 2.09. The highest BCUT2D eigenvalue weighted by atomic mass is 32.1. The SMILES string of the molecule is OC1CCN(Cc2nnc(-c3cccs3)o2)CC1. The maximum Gasteiger partial charge on any atom is 0.257 e. The minimum absolute atomic E-state index is 0.148. The van der Waals surface area contributed by atoms with Gasteiger partial charge in [0, 0.05) is 13.1 Å². The molecule has 1 saturated heterocycles. The number of piperidine rings is 1. The maximum atomic E-state index is 9.45. The summed E-state index contributed by atoms with van der Waals surface area (Å²) >= 11 is 1.59. The summed E-state index contributed by atoms with van der Waals surface area (Å²) in [5.74, 6) is 1.24. The van der Waals surface area contributed by atoms with E-state index in [0.717, 1.165) is 30.8 Å². The van der Waals surface area contributed by atoms with Gasteiger partial charge in [0.25, 0.3) is 5.89 Å². The summed E-state index contributed by atoms with van der Waals surface area (Å²) in [6, 6.07) is 3.94. The standard InChI is InChI=1S/C12H15N3O2S/c16-9-3-5-15(6-4-9)8-11-13-14-12(17-11)10-2-1-7-18-10/h1-2,7,9,16H,3-6,8H2. The molecule has 2 aromatic heterocycles. The van der Waals surface area contributed by atoms with Crippen molar-refractivity contribution < 1.29 is 9.52 Å². The zero-order chi connectivity index (χ0) is 12.4. The van der Waals surface area contributed by atoms with Crippen molar-refractivity contribution in [2.24, 2.45) is 0 Å². The van der Waals surface area contributed by atoms with E-state index in [1.54, 1.807) is 11.3 Å². The van der Waals surface area contributed by atoms with E-state index in [2.05, 4.69) is 15.1 Å². The van der Waals surface area contributed by atoms with Crippen LogP contribution in [0.5, 0.6) is 0 Å². The normalized spacial score (nSPS) is 18.3. The highest BCUT2D eigenvalue weighted by molar-refractivity contribution is 7.13. The lowest BCUT2D eigenvalue weighted by Crippen LogP contribution is -2.35. The first-order valence-corrected chi connectivity index (χ1v) is 6.96. The quantitative estimate of drug-likeness (QED) is 0.916. The number of likely N-dealkylation sites (tertiary alicyclic amines) is 1. The topological polar surface area (TPSA) is 62.4 Å². The number of hydrogen-bond acceptors (Lipinski definition) is 6. The molecular formula is C12H15N3O2S. The summed E-state index contributed by atoms with van der Waals surface area (Å²) in [4.78, 5) is 3.24. The van der Waals surface area contributed by atoms with Crippen molar-refractivity contribution in [3.63, 3.8) is 0 Å². The van der Waals surface area contributed by atoms with Crippen LogP contribution in [0.4, 0.5) is 0 Å². The predicted octanol–water partition coefficient (Wildman–Crippen LogP) is 1.75. The van der Waals surface area contributed by atoms with Crippen LogP contribution in [0.2, 0.25) is 0 Å². The van der Waals surface area contributed by atoms with Crippen molar-refractivity contribution in [1.29, 1.82) is 0 Å². The largest absolute Gasteiger partial charge is 0.419 e. The molecule has 0 amide bonds. The van der Waals surface area contributed by atoms with Crippen molar-refractivity contribution in [2.45, 2.75) is 25.5 Å². The molecule has 3 heterocycles. The Morgan fingerprint density at radius 1 is 1.39 bits per heavy atom. The molecule has 0 aromatic carbocycles. The smallest absolute Gasteiger partial charge is 0.257 e. The number of aliphatic hydroxyl groups is 1. The number of thiophene rings is 1. The summed E-state index contributed by atoms with van der Waals surface area (Å²) < 4.78 is 5.64. The fourth-order valence-corrected chi connectivity index (χ4v) is 2.73. The lowest BCUT2D eigenvalue weighted by atomic mass is 10.1. The molecular weight excluding hydrogens is 250 g/mol. The Morgan fingerprint density at radius 3 is 2.94 bits per heavy atom. The van der Waals surface area contributed by atoms with Crippen LogP contribution in [0.25, 0.3) is 10.8 Å². The van der Waals surface area contributed by atoms with Crippen LogP contribution < -0.4 is 0 Å². The van der Waals surface area contributed by atoms with E-state index < -0.39 is 0 Å². The van der Waals surface area contributed by atoms with Gasteiger partial charge in [-0.15, -0.1) is 21.5 Å². The number of rotatable bonds is 3. The molecule has 6 heteroatoms. The average Bonchev–Trinajstić information content (AvgIpc) is 3.02. The Labute approximate surface area is 109 Å². The molecule has 1 aliphatic heterocycles. The van der Waals surface area contributed by atoms with Crippen molar-refractivity contribution >= 4 is 11.3 Å². The van der Waals surface area contributed by atoms with Crippen molar-refractivity contribution in [1.82, 2.24) is 15.1 Å². The van der Waals surface area contributed by atoms with Crippen molar-refractivity contribution in [2.75, 3.05) is 13.1 Å². The van der Waals surface area contributed by atoms with E-state index in [0.29, 0.717) is 18.3 Å². The second-order valence-electron chi connectivity index (χ2n) is 4.49. The molecule has 0 aliphatic carbocycles. The third-order valence-electron chi connectivity index (χ3n) is 3.11. The van der Waals surface area contributed by atoms with Gasteiger partial charge in [0.1, 0.15) is 0 Å². The maximum absolute atomic E-state index is 9.45. The summed E-state index contributed by atoms with van der Waals surface area (Å²) in [5, 5.41) is 19.6. The first-order valence-electron chi connectivity index (χ1n) is 6.08. The van der Waals surface area contributed by atoms with Crippen LogP contribution in [0.15, 0.2) is 21.9 Å². The van der Waals surface area contributed by atoms with Gasteiger partial charge in [-0.25, -0.2) is 0 Å². The second-order valence-corrected chi connectivity index (χ2v) is 5.43. The molecule has 0 bridgehead atoms. The molecule has 1 fully saturated rings. The number of hydrogen-bond donors (Lipinski definition) is 1. The lowest BCUT2D eigenvalue weighted by Gasteiger charge is -2.27. The molecule has 5 nitrogen and oxygen atoms in total. The highest BCUT2D eigenvalue weighted by Gasteiger charge is 2.19. The lowest BCUT2D eigenvalue weighted by molar-refractivity contribution is 0.0752. The monoisotopic (exact) mass is 265 g/mol. The minimum Gasteiger partial charge on any atom is -0.419 e. The van der Waals surface area contributed by atoms with Gasteiger partial charge in [-0.2, -0.15) is 0 Å². The van der Waals surface area contributed by atoms with Gasteiger partial charge in [0.2, 0.25) is 5.89 Å². The van der Waals surface area contributed by atoms with Gasteiger partial charge in [0.15, 0.2) is 0 Å². The second kappa shape index (κ2) is 5.17. The molecule has 2 aromatic rings. The van der Waals surface area contributed by atoms with E-state index in [1.807, 2.05) is 17.5 Å². The first kappa shape index (κ1) is 11.8. The van der Waals surface area contributed by atoms with Gasteiger partial charge in [0.05, 0.1) is 17.5 Å². The van der Waals surface area contributed by atoms with E-state index in [9.17, 15) is 5.11 Å². The van der Waals surface area contributed by atoms with Crippen LogP contribution in [0, 0.1) is 0 Å². The molecule has 0 spiro atoms. The molecule has 3 rings (SSSR count). The molecule has 0 unspecified atom stereocenters. The van der Waals surface area contributed by atoms with Crippen LogP contribution >= 0.6 is 11.3 Å². The fraction of sp³-hybridized carbons (Fsp3) is 0.500. The van der Waals surface area contributed by atoms with Crippen molar-refractivity contribution in [3.8, 4) is 10.8 Å². The molecule has 0 saturated carbocycles. The van der Waals surface area contributed by atoms with Crippen LogP contribution in [0.3, 0.4) is 0 Å². The average molecular weight is 265 g/mol. The van der Waals surface area contributed by atoms with Gasteiger partial charge in [-0.1, -0.05) is 6.07 Å². The molecule has 0 atom stereocenters. The molecule has 0 radical (unpaired) electrons. The van der Waals surface area contributed by atoms with E-state index in [4.69, 9.17) is 4.42 Å². The number of aromatic nitrogens is 2. The van der Waals surface area contributed by atoms with E-state index >= 15 is 0 Å². The van der Waals surface area contributed by atoms with Gasteiger partial charge < -0.3 is 9.52 Å². The molecule has 1 aliphatic rings. The Kier molecular flexibility index (Phi) is 3.40. The zero-order valence-electron chi connectivity index (χ0n) is 9.95. The summed E-state index contributed by atoms with van der Waals surface area (Å²) in [5.41, 5.74) is 0. The molecule has 96 valence electrons. The third kappa shape index (κ3) is 2.60. The summed E-state index contributed by atoms with van der Waals surface area (Å²) in [6.07, 6.45) is 1.50. The number of nitrogens with zero attached hydrogens (tertiary/aromatic N) is 3. The molecule has 18 heavy (non-hydrogen) atoms. The third-order valence-corrected chi connectivity index (χ3v) is 3.97. The van der Waals surface area contributed by atoms with Gasteiger partial charge in [-0.3, -0.25) is 4.90 Å². The summed E-state index contributed by atoms with van der Waals surface area (Å²) in [6.45, 7) is 2.45. The van der Waals surface area contributed by atoms with Gasteiger partial charge >= 0.3 is 0 Å². The minimum atomic E-state index is -0.148. The Bertz CT molecular complexity index is 489. The van der Waals surface area contributed by atoms with Crippen LogP contribution in [0.1, 0.15) is 18.7 Å². The first-order chi connectivity index (χ1) is 8.81. The van der Waals surface area contributed by atoms with E-state index in [-0.39, 0.29) is 6.10 Å². The highest BCUT2D eigenvalue weighted by Crippen LogP contribution is 2.23. The Morgan fingerprint density at radius 2 is 2.22 bits per heavy atom. The van der Waals surface area contributed by atoms with Crippen molar-refractivity contribution in [3.05, 3.63) is 23.4 Å². The number of aliphatic hydroxyl groups excluding tert-OH is 1. The Balaban J connectivity index is 1.64. The zero-order valence-corrected chi connectivity index (χ0v) is 10.8. The van der Waals surface area contributed by atoms with E-state index in [1.165, 1.54) is 0 Å². The molecule has 1 N–H and O–H groups in total.